The number of aromatic nitrogens is 2. The highest BCUT2D eigenvalue weighted by Gasteiger charge is 2.27. The molecule has 1 heterocycles. The Bertz CT molecular complexity index is 327. The first-order chi connectivity index (χ1) is 6.40. The van der Waals surface area contributed by atoms with Crippen LogP contribution in [0.3, 0.4) is 0 Å². The van der Waals surface area contributed by atoms with Crippen molar-refractivity contribution in [2.45, 2.75) is 6.18 Å². The number of nitrogens with two attached hydrogens (primary N) is 1. The molecule has 1 aromatic heterocycles. The van der Waals surface area contributed by atoms with Gasteiger partial charge in [0.05, 0.1) is 0 Å². The summed E-state index contributed by atoms with van der Waals surface area (Å²) in [5.41, 5.74) is 5.26. The van der Waals surface area contributed by atoms with Crippen LogP contribution in [0.15, 0.2) is 6.33 Å². The first-order valence-electron chi connectivity index (χ1n) is 3.47. The number of halogens is 4. The topological polar surface area (TPSA) is 63.8 Å². The van der Waals surface area contributed by atoms with Gasteiger partial charge < -0.3 is 11.1 Å². The van der Waals surface area contributed by atoms with Crippen molar-refractivity contribution in [3.63, 3.8) is 0 Å². The Morgan fingerprint density at radius 1 is 1.43 bits per heavy atom. The van der Waals surface area contributed by atoms with Crippen molar-refractivity contribution < 1.29 is 13.2 Å². The normalized spacial score (nSPS) is 11.4. The number of rotatable bonds is 2. The summed E-state index contributed by atoms with van der Waals surface area (Å²) in [7, 11) is 0. The average molecular weight is 227 g/mol. The zero-order valence-corrected chi connectivity index (χ0v) is 7.52. The smallest absolute Gasteiger partial charge is 0.382 e. The van der Waals surface area contributed by atoms with E-state index in [1.165, 1.54) is 0 Å². The third kappa shape index (κ3) is 2.91. The summed E-state index contributed by atoms with van der Waals surface area (Å²) in [5.74, 6) is -0.192. The van der Waals surface area contributed by atoms with Gasteiger partial charge in [0, 0.05) is 0 Å². The molecule has 0 aliphatic rings. The predicted octanol–water partition coefficient (Wildman–Crippen LogP) is 1.69. The molecule has 1 aromatic rings. The molecule has 0 bridgehead atoms. The van der Waals surface area contributed by atoms with Crippen molar-refractivity contribution in [2.24, 2.45) is 0 Å². The van der Waals surface area contributed by atoms with Gasteiger partial charge in [-0.25, -0.2) is 9.97 Å². The zero-order valence-electron chi connectivity index (χ0n) is 6.77. The van der Waals surface area contributed by atoms with Gasteiger partial charge in [0.2, 0.25) is 0 Å². The molecule has 0 aliphatic carbocycles. The highest BCUT2D eigenvalue weighted by molar-refractivity contribution is 6.35. The fourth-order valence-electron chi connectivity index (χ4n) is 0.691. The van der Waals surface area contributed by atoms with Gasteiger partial charge in [-0.1, -0.05) is 11.6 Å². The van der Waals surface area contributed by atoms with Crippen LogP contribution in [-0.4, -0.2) is 22.7 Å². The lowest BCUT2D eigenvalue weighted by molar-refractivity contribution is -0.115. The van der Waals surface area contributed by atoms with Gasteiger partial charge in [-0.05, 0) is 0 Å². The van der Waals surface area contributed by atoms with Crippen LogP contribution in [0.2, 0.25) is 5.02 Å². The lowest BCUT2D eigenvalue weighted by Crippen LogP contribution is -2.22. The fraction of sp³-hybridized carbons (Fsp3) is 0.333. The third-order valence-corrected chi connectivity index (χ3v) is 1.65. The molecule has 0 saturated carbocycles. The fourth-order valence-corrected chi connectivity index (χ4v) is 0.855. The Labute approximate surface area is 82.3 Å². The number of nitrogen functional groups attached to an aromatic ring is 1. The molecule has 0 unspecified atom stereocenters. The van der Waals surface area contributed by atoms with E-state index in [1.54, 1.807) is 0 Å². The molecular weight excluding hydrogens is 221 g/mol. The maximum absolute atomic E-state index is 11.8. The van der Waals surface area contributed by atoms with E-state index in [0.717, 1.165) is 6.33 Å². The Morgan fingerprint density at radius 2 is 2.07 bits per heavy atom. The highest BCUT2D eigenvalue weighted by atomic mass is 35.5. The number of alkyl halides is 3. The van der Waals surface area contributed by atoms with Crippen molar-refractivity contribution in [1.29, 1.82) is 0 Å². The van der Waals surface area contributed by atoms with E-state index < -0.39 is 12.7 Å². The van der Waals surface area contributed by atoms with E-state index >= 15 is 0 Å². The molecule has 0 atom stereocenters. The molecule has 3 N–H and O–H groups in total. The monoisotopic (exact) mass is 226 g/mol. The van der Waals surface area contributed by atoms with Gasteiger partial charge in [0.25, 0.3) is 0 Å². The second-order valence-electron chi connectivity index (χ2n) is 2.39. The SMILES string of the molecule is Nc1ncnc(NCC(F)(F)F)c1Cl. The molecule has 78 valence electrons. The van der Waals surface area contributed by atoms with Crippen molar-refractivity contribution in [1.82, 2.24) is 9.97 Å². The summed E-state index contributed by atoms with van der Waals surface area (Å²) in [4.78, 5) is 7.01. The van der Waals surface area contributed by atoms with Crippen LogP contribution in [0, 0.1) is 0 Å². The maximum atomic E-state index is 11.8. The van der Waals surface area contributed by atoms with Gasteiger partial charge in [0.15, 0.2) is 5.82 Å². The van der Waals surface area contributed by atoms with Crippen molar-refractivity contribution in [2.75, 3.05) is 17.6 Å². The van der Waals surface area contributed by atoms with Gasteiger partial charge in [0.1, 0.15) is 23.7 Å². The molecule has 0 radical (unpaired) electrons. The van der Waals surface area contributed by atoms with Crippen LogP contribution in [0.4, 0.5) is 24.8 Å². The number of nitrogens with zero attached hydrogens (tertiary/aromatic N) is 2. The Hall–Kier alpha value is -1.24. The second kappa shape index (κ2) is 3.87. The van der Waals surface area contributed by atoms with Crippen LogP contribution >= 0.6 is 11.6 Å². The molecule has 0 saturated heterocycles. The largest absolute Gasteiger partial charge is 0.405 e. The van der Waals surface area contributed by atoms with Crippen LogP contribution in [-0.2, 0) is 0 Å². The first-order valence-corrected chi connectivity index (χ1v) is 3.84. The molecule has 0 aromatic carbocycles. The molecule has 4 nitrogen and oxygen atoms in total. The van der Waals surface area contributed by atoms with E-state index in [-0.39, 0.29) is 16.7 Å². The van der Waals surface area contributed by atoms with E-state index in [0.29, 0.717) is 0 Å². The van der Waals surface area contributed by atoms with Crippen LogP contribution in [0.25, 0.3) is 0 Å². The molecule has 14 heavy (non-hydrogen) atoms. The lowest BCUT2D eigenvalue weighted by atomic mass is 10.5. The molecular formula is C6H6ClF3N4. The average Bonchev–Trinajstić information content (AvgIpc) is 2.06. The number of anilines is 2. The van der Waals surface area contributed by atoms with Crippen molar-refractivity contribution in [3.8, 4) is 0 Å². The van der Waals surface area contributed by atoms with Gasteiger partial charge in [-0.2, -0.15) is 13.2 Å². The van der Waals surface area contributed by atoms with Crippen LogP contribution < -0.4 is 11.1 Å². The van der Waals surface area contributed by atoms with Crippen LogP contribution in [0.1, 0.15) is 0 Å². The summed E-state index contributed by atoms with van der Waals surface area (Å²) in [5, 5.41) is 1.89. The molecule has 0 fully saturated rings. The minimum absolute atomic E-state index is 0.0636. The molecule has 1 rings (SSSR count). The Kier molecular flexibility index (Phi) is 3.00. The number of nitrogens with one attached hydrogen (secondary N) is 1. The van der Waals surface area contributed by atoms with Crippen molar-refractivity contribution >= 4 is 23.2 Å². The summed E-state index contributed by atoms with van der Waals surface area (Å²) in [6, 6.07) is 0. The predicted molar refractivity (Wildman–Crippen MR) is 46.0 cm³/mol. The van der Waals surface area contributed by atoms with Gasteiger partial charge in [-0.15, -0.1) is 0 Å². The Morgan fingerprint density at radius 3 is 2.64 bits per heavy atom. The standard InChI is InChI=1S/C6H6ClF3N4/c7-3-4(11)13-2-14-5(3)12-1-6(8,9)10/h2H,1H2,(H3,11,12,13,14). The lowest BCUT2D eigenvalue weighted by Gasteiger charge is -2.09. The maximum Gasteiger partial charge on any atom is 0.405 e. The first kappa shape index (κ1) is 10.8. The molecule has 0 amide bonds. The van der Waals surface area contributed by atoms with Crippen LogP contribution in [0.5, 0.6) is 0 Å². The minimum Gasteiger partial charge on any atom is -0.382 e. The van der Waals surface area contributed by atoms with Gasteiger partial charge in [-0.3, -0.25) is 0 Å². The number of hydrogen-bond donors (Lipinski definition) is 2. The van der Waals surface area contributed by atoms with E-state index in [1.807, 2.05) is 5.32 Å². The quantitative estimate of drug-likeness (QED) is 0.806. The summed E-state index contributed by atoms with van der Waals surface area (Å²) in [6.07, 6.45) is -3.30. The molecule has 8 heteroatoms. The van der Waals surface area contributed by atoms with Crippen molar-refractivity contribution in [3.05, 3.63) is 11.3 Å². The van der Waals surface area contributed by atoms with E-state index in [4.69, 9.17) is 17.3 Å². The van der Waals surface area contributed by atoms with E-state index in [2.05, 4.69) is 9.97 Å². The third-order valence-electron chi connectivity index (χ3n) is 1.27. The zero-order chi connectivity index (χ0) is 10.8. The second-order valence-corrected chi connectivity index (χ2v) is 2.77. The minimum atomic E-state index is -4.33. The summed E-state index contributed by atoms with van der Waals surface area (Å²) >= 11 is 5.54. The number of hydrogen-bond acceptors (Lipinski definition) is 4. The summed E-state index contributed by atoms with van der Waals surface area (Å²) in [6.45, 7) is -1.22. The summed E-state index contributed by atoms with van der Waals surface area (Å²) < 4.78 is 35.4. The van der Waals surface area contributed by atoms with Gasteiger partial charge >= 0.3 is 6.18 Å². The molecule has 0 spiro atoms. The highest BCUT2D eigenvalue weighted by Crippen LogP contribution is 2.24. The van der Waals surface area contributed by atoms with E-state index in [9.17, 15) is 13.2 Å². The molecule has 0 aliphatic heterocycles. The Balaban J connectivity index is 2.73.